The van der Waals surface area contributed by atoms with Crippen LogP contribution in [0.15, 0.2) is 11.6 Å². The summed E-state index contributed by atoms with van der Waals surface area (Å²) in [6, 6.07) is 0. The lowest BCUT2D eigenvalue weighted by Crippen LogP contribution is -2.67. The molecule has 0 unspecified atom stereocenters. The largest absolute Gasteiger partial charge is 0.394 e. The number of aldehydes is 1. The van der Waals surface area contributed by atoms with E-state index >= 15 is 0 Å². The molecule has 13 N–H and O–H groups in total. The highest BCUT2D eigenvalue weighted by molar-refractivity contribution is 5.62. The van der Waals surface area contributed by atoms with Gasteiger partial charge in [0, 0.05) is 5.41 Å². The van der Waals surface area contributed by atoms with Crippen molar-refractivity contribution in [3.8, 4) is 0 Å². The Morgan fingerprint density at radius 2 is 1.16 bits per heavy atom. The van der Waals surface area contributed by atoms with Gasteiger partial charge in [-0.25, -0.2) is 0 Å². The number of allylic oxidation sites excluding steroid dienone is 2. The third-order valence-electron chi connectivity index (χ3n) is 20.7. The summed E-state index contributed by atoms with van der Waals surface area (Å²) in [7, 11) is 0. The molecule has 4 aliphatic heterocycles. The van der Waals surface area contributed by atoms with Gasteiger partial charge in [0.25, 0.3) is 0 Å². The van der Waals surface area contributed by atoms with Crippen LogP contribution < -0.4 is 0 Å². The summed E-state index contributed by atoms with van der Waals surface area (Å²) in [5.41, 5.74) is -1.89. The monoisotopic (exact) mass is 1090 g/mol. The smallest absolute Gasteiger partial charge is 0.187 e. The van der Waals surface area contributed by atoms with Gasteiger partial charge in [0.2, 0.25) is 0 Å². The summed E-state index contributed by atoms with van der Waals surface area (Å²) in [5.74, 6) is -0.171. The lowest BCUT2D eigenvalue weighted by Gasteiger charge is -2.69. The van der Waals surface area contributed by atoms with Crippen molar-refractivity contribution in [1.82, 2.24) is 0 Å². The number of carbonyl (C=O) groups is 1. The highest BCUT2D eigenvalue weighted by atomic mass is 16.8. The first kappa shape index (κ1) is 60.7. The number of rotatable bonds is 16. The molecule has 22 nitrogen and oxygen atoms in total. The minimum absolute atomic E-state index is 0.0295. The van der Waals surface area contributed by atoms with Crippen molar-refractivity contribution < 1.29 is 109 Å². The second-order valence-corrected chi connectivity index (χ2v) is 25.3. The highest BCUT2D eigenvalue weighted by Gasteiger charge is 2.72. The maximum absolute atomic E-state index is 14.2. The first-order valence-corrected chi connectivity index (χ1v) is 27.7. The Morgan fingerprint density at radius 3 is 1.79 bits per heavy atom. The maximum Gasteiger partial charge on any atom is 0.187 e. The Bertz CT molecular complexity index is 1990. The first-order chi connectivity index (χ1) is 35.7. The second kappa shape index (κ2) is 23.1. The summed E-state index contributed by atoms with van der Waals surface area (Å²) in [6.07, 6.45) is -21.1. The number of hydrogen-bond donors (Lipinski definition) is 13. The van der Waals surface area contributed by atoms with Crippen LogP contribution in [0.25, 0.3) is 0 Å². The molecule has 8 rings (SSSR count). The molecule has 22 heteroatoms. The molecule has 0 bridgehead atoms. The Kier molecular flexibility index (Phi) is 18.4. The average Bonchev–Trinajstić information content (AvgIpc) is 3.90. The molecule has 8 aliphatic rings. The van der Waals surface area contributed by atoms with Crippen molar-refractivity contribution in [2.75, 3.05) is 19.8 Å². The molecule has 4 aliphatic carbocycles. The normalized spacial score (nSPS) is 52.1. The van der Waals surface area contributed by atoms with Crippen molar-refractivity contribution in [3.05, 3.63) is 11.6 Å². The average molecular weight is 1090 g/mol. The van der Waals surface area contributed by atoms with Crippen LogP contribution in [0.5, 0.6) is 0 Å². The van der Waals surface area contributed by atoms with Gasteiger partial charge in [-0.3, -0.25) is 0 Å². The minimum atomic E-state index is -1.83. The van der Waals surface area contributed by atoms with Crippen LogP contribution in [0, 0.1) is 45.3 Å². The SMILES string of the molecule is CC(C)=CCC[C@](C)(O[C@@H]1O[C@H](CO[C@@H]2O[C@@H](C)[C@H](O)[C@@H](O)[C@H]2O)[C@@H](O)[C@H](O)[C@H]1O)[C@H]1CC[C@]2(C)[C@@H]1CC[C@@H]1[C@@]3(C=O)CC[C@H](O[C@@H]4O[C@H](CO)[C@@H](O)[C@H](O)[C@H]4O[C@@H]4O[C@H](CO)[C@@H](O)[C@H](O)[C@H]4O)C(C)(C)[C@@H]3CC[C@]12C. The van der Waals surface area contributed by atoms with E-state index in [9.17, 15) is 71.2 Å². The first-order valence-electron chi connectivity index (χ1n) is 27.7. The molecule has 76 heavy (non-hydrogen) atoms. The van der Waals surface area contributed by atoms with E-state index in [1.165, 1.54) is 13.2 Å². The van der Waals surface area contributed by atoms with Crippen molar-refractivity contribution in [2.45, 2.75) is 254 Å². The molecule has 0 amide bonds. The molecule has 4 saturated heterocycles. The van der Waals surface area contributed by atoms with Crippen LogP contribution in [0.4, 0.5) is 0 Å². The standard InChI is InChI=1S/C54H90O22/c1-24(2)10-9-16-53(8,76-48-44(68)40(64)37(61)30(73-48)22-69-46-42(66)38(62)34(58)25(3)70-46)27-13-17-51(6)26(27)11-12-32-52(51,7)18-14-31-50(4,5)33(15-19-54(31,32)23-57)74-49-45(41(65)36(60)29(21-56)72-49)75-47-43(67)39(63)35(59)28(20-55)71-47/h10,23,25-49,55-56,58-68H,9,11-22H2,1-8H3/t25-,26+,27-,28+,29+,30+,31-,32-,33-,34-,35+,36+,37+,38+,39-,40-,41-,42+,43+,44+,45+,46+,47-,48-,49-,51+,52+,53-,54+/m0/s1. The lowest BCUT2D eigenvalue weighted by atomic mass is 9.35. The number of aliphatic hydroxyl groups excluding tert-OH is 13. The number of hydrogen-bond acceptors (Lipinski definition) is 22. The van der Waals surface area contributed by atoms with Crippen molar-refractivity contribution in [3.63, 3.8) is 0 Å². The third-order valence-corrected chi connectivity index (χ3v) is 20.7. The van der Waals surface area contributed by atoms with Crippen LogP contribution in [0.3, 0.4) is 0 Å². The highest BCUT2D eigenvalue weighted by Crippen LogP contribution is 2.76. The van der Waals surface area contributed by atoms with Gasteiger partial charge in [0.15, 0.2) is 25.2 Å². The summed E-state index contributed by atoms with van der Waals surface area (Å²) in [4.78, 5) is 14.2. The van der Waals surface area contributed by atoms with Gasteiger partial charge in [-0.05, 0) is 132 Å². The summed E-state index contributed by atoms with van der Waals surface area (Å²) < 4.78 is 49.1. The molecule has 0 aromatic carbocycles. The Morgan fingerprint density at radius 1 is 0.592 bits per heavy atom. The van der Waals surface area contributed by atoms with Crippen LogP contribution in [0.1, 0.15) is 120 Å². The number of ether oxygens (including phenoxy) is 8. The van der Waals surface area contributed by atoms with E-state index in [-0.39, 0.29) is 34.5 Å². The quantitative estimate of drug-likeness (QED) is 0.0503. The Hall–Kier alpha value is -1.43. The second-order valence-electron chi connectivity index (χ2n) is 25.3. The molecular weight excluding hydrogens is 1000 g/mol. The lowest BCUT2D eigenvalue weighted by molar-refractivity contribution is -0.378. The molecular formula is C54H90O22. The molecule has 0 aromatic rings. The van der Waals surface area contributed by atoms with Crippen molar-refractivity contribution in [1.29, 1.82) is 0 Å². The summed E-state index contributed by atoms with van der Waals surface area (Å²) in [5, 5.41) is 139. The van der Waals surface area contributed by atoms with Gasteiger partial charge in [-0.2, -0.15) is 0 Å². The number of carbonyl (C=O) groups excluding carboxylic acids is 1. The maximum atomic E-state index is 14.2. The topological polar surface area (TPSA) is 354 Å². The Balaban J connectivity index is 1.01. The number of aliphatic hydroxyl groups is 13. The van der Waals surface area contributed by atoms with Crippen LogP contribution in [0.2, 0.25) is 0 Å². The molecule has 4 heterocycles. The van der Waals surface area contributed by atoms with Crippen LogP contribution in [-0.4, -0.2) is 227 Å². The molecule has 4 saturated carbocycles. The minimum Gasteiger partial charge on any atom is -0.394 e. The predicted molar refractivity (Wildman–Crippen MR) is 264 cm³/mol. The number of fused-ring (bicyclic) bond motifs is 5. The van der Waals surface area contributed by atoms with Crippen molar-refractivity contribution in [2.24, 2.45) is 45.3 Å². The van der Waals surface area contributed by atoms with E-state index in [1.54, 1.807) is 0 Å². The zero-order valence-electron chi connectivity index (χ0n) is 45.3. The van der Waals surface area contributed by atoms with Gasteiger partial charge in [-0.1, -0.05) is 39.3 Å². The third kappa shape index (κ3) is 10.5. The van der Waals surface area contributed by atoms with Gasteiger partial charge in [-0.15, -0.1) is 0 Å². The predicted octanol–water partition coefficient (Wildman–Crippen LogP) is -0.967. The fourth-order valence-electron chi connectivity index (χ4n) is 16.0. The van der Waals surface area contributed by atoms with E-state index in [1.807, 2.05) is 20.8 Å². The van der Waals surface area contributed by atoms with Gasteiger partial charge in [0.1, 0.15) is 97.8 Å². The molecule has 438 valence electrons. The van der Waals surface area contributed by atoms with Crippen LogP contribution >= 0.6 is 0 Å². The summed E-state index contributed by atoms with van der Waals surface area (Å²) >= 11 is 0. The van der Waals surface area contributed by atoms with Gasteiger partial charge in [0.05, 0.1) is 37.6 Å². The zero-order chi connectivity index (χ0) is 55.8. The molecule has 0 radical (unpaired) electrons. The van der Waals surface area contributed by atoms with Crippen molar-refractivity contribution >= 4 is 6.29 Å². The zero-order valence-corrected chi connectivity index (χ0v) is 45.3. The van der Waals surface area contributed by atoms with Crippen LogP contribution in [-0.2, 0) is 42.7 Å². The van der Waals surface area contributed by atoms with E-state index in [2.05, 4.69) is 33.8 Å². The molecule has 0 aromatic heterocycles. The fourth-order valence-corrected chi connectivity index (χ4v) is 16.0. The van der Waals surface area contributed by atoms with Gasteiger partial charge < -0.3 is 109 Å². The Labute approximate surface area is 445 Å². The molecule has 0 spiro atoms. The summed E-state index contributed by atoms with van der Waals surface area (Å²) in [6.45, 7) is 14.5. The molecule has 29 atom stereocenters. The van der Waals surface area contributed by atoms with E-state index in [0.29, 0.717) is 32.1 Å². The van der Waals surface area contributed by atoms with Gasteiger partial charge >= 0.3 is 0 Å². The van der Waals surface area contributed by atoms with E-state index in [0.717, 1.165) is 37.7 Å². The fraction of sp³-hybridized carbons (Fsp3) is 0.944. The molecule has 8 fully saturated rings. The van der Waals surface area contributed by atoms with E-state index < -0.39 is 165 Å². The van der Waals surface area contributed by atoms with E-state index in [4.69, 9.17) is 37.9 Å².